The maximum atomic E-state index is 5.89. The molecule has 0 heterocycles. The van der Waals surface area contributed by atoms with Gasteiger partial charge in [0, 0.05) is 0 Å². The molecule has 0 bridgehead atoms. The molecule has 0 atom stereocenters. The predicted molar refractivity (Wildman–Crippen MR) is 87.4 cm³/mol. The molecule has 2 heteroatoms. The second kappa shape index (κ2) is 8.35. The fourth-order valence-corrected chi connectivity index (χ4v) is 2.18. The molecular formula is C19H24O2. The van der Waals surface area contributed by atoms with Crippen molar-refractivity contribution < 1.29 is 9.47 Å². The minimum Gasteiger partial charge on any atom is -0.493 e. The smallest absolute Gasteiger partial charge is 0.127 e. The van der Waals surface area contributed by atoms with Crippen LogP contribution in [0.1, 0.15) is 38.7 Å². The molecule has 0 N–H and O–H groups in total. The van der Waals surface area contributed by atoms with Gasteiger partial charge in [-0.2, -0.15) is 0 Å². The molecule has 0 radical (unpaired) electrons. The Morgan fingerprint density at radius 1 is 0.857 bits per heavy atom. The van der Waals surface area contributed by atoms with Gasteiger partial charge in [-0.05, 0) is 48.7 Å². The van der Waals surface area contributed by atoms with Crippen LogP contribution >= 0.6 is 0 Å². The van der Waals surface area contributed by atoms with Gasteiger partial charge in [0.15, 0.2) is 0 Å². The van der Waals surface area contributed by atoms with E-state index in [1.54, 1.807) is 0 Å². The molecular weight excluding hydrogens is 260 g/mol. The standard InChI is InChI=1S/C19H24O2/c1-3-5-14-20-19-13-12-18(15-16(19)9-4-2)21-17-10-7-6-8-11-17/h6-8,10-13,15H,3-5,9,14H2,1-2H3. The number of para-hydroxylation sites is 1. The average molecular weight is 284 g/mol. The first-order chi connectivity index (χ1) is 10.3. The molecule has 2 rings (SSSR count). The maximum Gasteiger partial charge on any atom is 0.127 e. The summed E-state index contributed by atoms with van der Waals surface area (Å²) in [5, 5.41) is 0. The minimum atomic E-state index is 0.784. The Hall–Kier alpha value is -1.96. The second-order valence-corrected chi connectivity index (χ2v) is 5.14. The van der Waals surface area contributed by atoms with Crippen molar-refractivity contribution in [1.82, 2.24) is 0 Å². The van der Waals surface area contributed by atoms with Crippen LogP contribution in [-0.2, 0) is 6.42 Å². The normalized spacial score (nSPS) is 10.4. The van der Waals surface area contributed by atoms with E-state index in [1.165, 1.54) is 5.56 Å². The lowest BCUT2D eigenvalue weighted by Gasteiger charge is -2.13. The molecule has 2 aromatic rings. The van der Waals surface area contributed by atoms with Crippen LogP contribution in [0, 0.1) is 0 Å². The molecule has 0 aromatic heterocycles. The van der Waals surface area contributed by atoms with Crippen molar-refractivity contribution in [2.45, 2.75) is 39.5 Å². The Balaban J connectivity index is 2.11. The Kier molecular flexibility index (Phi) is 6.14. The molecule has 0 aliphatic carbocycles. The van der Waals surface area contributed by atoms with Gasteiger partial charge in [0.25, 0.3) is 0 Å². The van der Waals surface area contributed by atoms with E-state index < -0.39 is 0 Å². The number of unbranched alkanes of at least 4 members (excludes halogenated alkanes) is 1. The van der Waals surface area contributed by atoms with Gasteiger partial charge in [0.05, 0.1) is 6.61 Å². The zero-order valence-electron chi connectivity index (χ0n) is 13.0. The van der Waals surface area contributed by atoms with E-state index in [-0.39, 0.29) is 0 Å². The van der Waals surface area contributed by atoms with Crippen LogP contribution in [-0.4, -0.2) is 6.61 Å². The first-order valence-corrected chi connectivity index (χ1v) is 7.82. The summed E-state index contributed by atoms with van der Waals surface area (Å²) in [6, 6.07) is 16.0. The third-order valence-electron chi connectivity index (χ3n) is 3.29. The number of ether oxygens (including phenoxy) is 2. The summed E-state index contributed by atoms with van der Waals surface area (Å²) in [6.07, 6.45) is 4.35. The average Bonchev–Trinajstić information content (AvgIpc) is 2.51. The van der Waals surface area contributed by atoms with Crippen LogP contribution in [0.2, 0.25) is 0 Å². The zero-order valence-corrected chi connectivity index (χ0v) is 13.0. The largest absolute Gasteiger partial charge is 0.493 e. The van der Waals surface area contributed by atoms with E-state index in [9.17, 15) is 0 Å². The van der Waals surface area contributed by atoms with Crippen LogP contribution in [0.3, 0.4) is 0 Å². The summed E-state index contributed by atoms with van der Waals surface area (Å²) in [6.45, 7) is 5.14. The summed E-state index contributed by atoms with van der Waals surface area (Å²) in [4.78, 5) is 0. The van der Waals surface area contributed by atoms with E-state index in [0.29, 0.717) is 0 Å². The van der Waals surface area contributed by atoms with E-state index in [0.717, 1.165) is 49.5 Å². The summed E-state index contributed by atoms with van der Waals surface area (Å²) >= 11 is 0. The van der Waals surface area contributed by atoms with Crippen LogP contribution < -0.4 is 9.47 Å². The predicted octanol–water partition coefficient (Wildman–Crippen LogP) is 5.61. The van der Waals surface area contributed by atoms with E-state index in [2.05, 4.69) is 19.9 Å². The fourth-order valence-electron chi connectivity index (χ4n) is 2.18. The van der Waals surface area contributed by atoms with Crippen LogP contribution in [0.5, 0.6) is 17.2 Å². The van der Waals surface area contributed by atoms with Gasteiger partial charge in [-0.1, -0.05) is 44.9 Å². The number of hydrogen-bond acceptors (Lipinski definition) is 2. The highest BCUT2D eigenvalue weighted by Gasteiger charge is 2.06. The summed E-state index contributed by atoms with van der Waals surface area (Å²) in [5.74, 6) is 2.72. The summed E-state index contributed by atoms with van der Waals surface area (Å²) < 4.78 is 11.8. The molecule has 0 saturated heterocycles. The maximum absolute atomic E-state index is 5.89. The van der Waals surface area contributed by atoms with E-state index >= 15 is 0 Å². The van der Waals surface area contributed by atoms with Gasteiger partial charge in [0.2, 0.25) is 0 Å². The molecule has 0 fully saturated rings. The van der Waals surface area contributed by atoms with Gasteiger partial charge in [-0.25, -0.2) is 0 Å². The van der Waals surface area contributed by atoms with Crippen molar-refractivity contribution in [3.8, 4) is 17.2 Å². The first kappa shape index (κ1) is 15.4. The van der Waals surface area contributed by atoms with Crippen LogP contribution in [0.25, 0.3) is 0 Å². The molecule has 2 aromatic carbocycles. The molecule has 0 aliphatic rings. The molecule has 0 spiro atoms. The Morgan fingerprint density at radius 2 is 1.67 bits per heavy atom. The lowest BCUT2D eigenvalue weighted by molar-refractivity contribution is 0.305. The molecule has 0 aliphatic heterocycles. The topological polar surface area (TPSA) is 18.5 Å². The molecule has 0 saturated carbocycles. The molecule has 0 unspecified atom stereocenters. The summed E-state index contributed by atoms with van der Waals surface area (Å²) in [7, 11) is 0. The van der Waals surface area contributed by atoms with Crippen LogP contribution in [0.4, 0.5) is 0 Å². The van der Waals surface area contributed by atoms with Crippen molar-refractivity contribution in [2.24, 2.45) is 0 Å². The lowest BCUT2D eigenvalue weighted by Crippen LogP contribution is -2.00. The highest BCUT2D eigenvalue weighted by molar-refractivity contribution is 5.42. The highest BCUT2D eigenvalue weighted by atomic mass is 16.5. The first-order valence-electron chi connectivity index (χ1n) is 7.82. The molecule has 21 heavy (non-hydrogen) atoms. The molecule has 112 valence electrons. The van der Waals surface area contributed by atoms with Crippen molar-refractivity contribution >= 4 is 0 Å². The third-order valence-corrected chi connectivity index (χ3v) is 3.29. The third kappa shape index (κ3) is 4.82. The number of benzene rings is 2. The van der Waals surface area contributed by atoms with E-state index in [4.69, 9.17) is 9.47 Å². The second-order valence-electron chi connectivity index (χ2n) is 5.14. The monoisotopic (exact) mass is 284 g/mol. The lowest BCUT2D eigenvalue weighted by atomic mass is 10.1. The molecule has 0 amide bonds. The number of hydrogen-bond donors (Lipinski definition) is 0. The van der Waals surface area contributed by atoms with Gasteiger partial charge in [-0.3, -0.25) is 0 Å². The Bertz CT molecular complexity index is 535. The summed E-state index contributed by atoms with van der Waals surface area (Å²) in [5.41, 5.74) is 1.22. The van der Waals surface area contributed by atoms with Gasteiger partial charge >= 0.3 is 0 Å². The van der Waals surface area contributed by atoms with Crippen LogP contribution in [0.15, 0.2) is 48.5 Å². The van der Waals surface area contributed by atoms with Crippen molar-refractivity contribution in [2.75, 3.05) is 6.61 Å². The Labute approximate surface area is 127 Å². The quantitative estimate of drug-likeness (QED) is 0.586. The SMILES string of the molecule is CCCCOc1ccc(Oc2ccccc2)cc1CCC. The van der Waals surface area contributed by atoms with Gasteiger partial charge in [0.1, 0.15) is 17.2 Å². The van der Waals surface area contributed by atoms with Crippen molar-refractivity contribution in [3.05, 3.63) is 54.1 Å². The van der Waals surface area contributed by atoms with Crippen molar-refractivity contribution in [1.29, 1.82) is 0 Å². The molecule has 2 nitrogen and oxygen atoms in total. The highest BCUT2D eigenvalue weighted by Crippen LogP contribution is 2.28. The zero-order chi connectivity index (χ0) is 14.9. The minimum absolute atomic E-state index is 0.784. The fraction of sp³-hybridized carbons (Fsp3) is 0.368. The van der Waals surface area contributed by atoms with Gasteiger partial charge < -0.3 is 9.47 Å². The Morgan fingerprint density at radius 3 is 2.38 bits per heavy atom. The van der Waals surface area contributed by atoms with Crippen molar-refractivity contribution in [3.63, 3.8) is 0 Å². The van der Waals surface area contributed by atoms with Gasteiger partial charge in [-0.15, -0.1) is 0 Å². The number of aryl methyl sites for hydroxylation is 1. The van der Waals surface area contributed by atoms with E-state index in [1.807, 2.05) is 42.5 Å². The number of rotatable bonds is 8.